The van der Waals surface area contributed by atoms with Crippen molar-refractivity contribution in [1.82, 2.24) is 14.8 Å². The number of thioether (sulfide) groups is 1. The first-order chi connectivity index (χ1) is 15.0. The Morgan fingerprint density at radius 2 is 1.84 bits per heavy atom. The number of non-ortho nitro benzene ring substituents is 1. The van der Waals surface area contributed by atoms with Crippen LogP contribution < -0.4 is 5.32 Å². The third-order valence-electron chi connectivity index (χ3n) is 4.39. The molecule has 0 fully saturated rings. The molecule has 0 aliphatic rings. The molecule has 4 rings (SSSR count). The second kappa shape index (κ2) is 8.84. The molecule has 2 aromatic carbocycles. The van der Waals surface area contributed by atoms with Gasteiger partial charge in [0.15, 0.2) is 10.9 Å². The van der Waals surface area contributed by atoms with Crippen LogP contribution in [0.25, 0.3) is 17.3 Å². The molecule has 9 nitrogen and oxygen atoms in total. The van der Waals surface area contributed by atoms with E-state index in [1.54, 1.807) is 25.3 Å². The summed E-state index contributed by atoms with van der Waals surface area (Å²) in [6, 6.07) is 18.8. The predicted octanol–water partition coefficient (Wildman–Crippen LogP) is 4.55. The molecule has 2 heterocycles. The summed E-state index contributed by atoms with van der Waals surface area (Å²) in [6.45, 7) is 1.75. The molecule has 1 atom stereocenters. The van der Waals surface area contributed by atoms with Gasteiger partial charge >= 0.3 is 0 Å². The van der Waals surface area contributed by atoms with E-state index in [4.69, 9.17) is 4.42 Å². The van der Waals surface area contributed by atoms with Crippen molar-refractivity contribution in [3.63, 3.8) is 0 Å². The van der Waals surface area contributed by atoms with E-state index in [1.165, 1.54) is 36.0 Å². The van der Waals surface area contributed by atoms with E-state index < -0.39 is 10.2 Å². The summed E-state index contributed by atoms with van der Waals surface area (Å²) in [7, 11) is 0. The number of carbonyl (C=O) groups excluding carboxylic acids is 1. The topological polar surface area (TPSA) is 116 Å². The summed E-state index contributed by atoms with van der Waals surface area (Å²) in [5.41, 5.74) is 1.27. The van der Waals surface area contributed by atoms with Gasteiger partial charge in [0, 0.05) is 23.5 Å². The number of hydrogen-bond donors (Lipinski definition) is 1. The fourth-order valence-corrected chi connectivity index (χ4v) is 3.71. The number of hydrogen-bond acceptors (Lipinski definition) is 7. The van der Waals surface area contributed by atoms with Crippen LogP contribution in [-0.2, 0) is 4.79 Å². The summed E-state index contributed by atoms with van der Waals surface area (Å²) >= 11 is 1.25. The number of aromatic nitrogens is 3. The Hall–Kier alpha value is -3.92. The average molecular weight is 435 g/mol. The van der Waals surface area contributed by atoms with E-state index in [2.05, 4.69) is 15.5 Å². The van der Waals surface area contributed by atoms with Gasteiger partial charge in [-0.15, -0.1) is 10.2 Å². The summed E-state index contributed by atoms with van der Waals surface area (Å²) in [5.74, 6) is 0.828. The molecule has 31 heavy (non-hydrogen) atoms. The zero-order valence-corrected chi connectivity index (χ0v) is 17.2. The first-order valence-electron chi connectivity index (χ1n) is 9.29. The van der Waals surface area contributed by atoms with Gasteiger partial charge in [-0.25, -0.2) is 0 Å². The SMILES string of the molecule is C[C@H](Sc1nnc(-c2ccco2)n1-c1ccccc1)C(=O)Nc1ccc([N+](=O)[O-])cc1. The average Bonchev–Trinajstić information content (AvgIpc) is 3.44. The lowest BCUT2D eigenvalue weighted by Crippen LogP contribution is -2.22. The first-order valence-corrected chi connectivity index (χ1v) is 10.2. The van der Waals surface area contributed by atoms with Gasteiger partial charge in [-0.3, -0.25) is 19.5 Å². The minimum absolute atomic E-state index is 0.0400. The van der Waals surface area contributed by atoms with Gasteiger partial charge in [-0.05, 0) is 43.3 Å². The van der Waals surface area contributed by atoms with Crippen molar-refractivity contribution in [2.75, 3.05) is 5.32 Å². The van der Waals surface area contributed by atoms with Crippen molar-refractivity contribution >= 4 is 29.0 Å². The number of nitrogens with zero attached hydrogens (tertiary/aromatic N) is 4. The van der Waals surface area contributed by atoms with Gasteiger partial charge in [-0.2, -0.15) is 0 Å². The molecule has 0 unspecified atom stereocenters. The molecule has 2 aromatic heterocycles. The van der Waals surface area contributed by atoms with E-state index >= 15 is 0 Å². The van der Waals surface area contributed by atoms with Crippen molar-refractivity contribution in [3.8, 4) is 17.3 Å². The maximum atomic E-state index is 12.7. The normalized spacial score (nSPS) is 11.8. The molecule has 0 aliphatic carbocycles. The van der Waals surface area contributed by atoms with Crippen LogP contribution in [0.4, 0.5) is 11.4 Å². The Morgan fingerprint density at radius 3 is 2.48 bits per heavy atom. The van der Waals surface area contributed by atoms with Gasteiger partial charge < -0.3 is 9.73 Å². The molecule has 0 saturated carbocycles. The number of anilines is 1. The number of benzene rings is 2. The largest absolute Gasteiger partial charge is 0.461 e. The molecule has 4 aromatic rings. The van der Waals surface area contributed by atoms with Crippen molar-refractivity contribution in [3.05, 3.63) is 83.1 Å². The van der Waals surface area contributed by atoms with Gasteiger partial charge in [0.25, 0.3) is 5.69 Å². The smallest absolute Gasteiger partial charge is 0.269 e. The van der Waals surface area contributed by atoms with Crippen LogP contribution in [0, 0.1) is 10.1 Å². The van der Waals surface area contributed by atoms with E-state index in [0.29, 0.717) is 22.4 Å². The van der Waals surface area contributed by atoms with Crippen molar-refractivity contribution in [2.24, 2.45) is 0 Å². The second-order valence-electron chi connectivity index (χ2n) is 6.51. The molecule has 0 radical (unpaired) electrons. The minimum atomic E-state index is -0.508. The number of nitro benzene ring substituents is 1. The fourth-order valence-electron chi connectivity index (χ4n) is 2.84. The molecular weight excluding hydrogens is 418 g/mol. The second-order valence-corrected chi connectivity index (χ2v) is 7.82. The molecule has 1 N–H and O–H groups in total. The summed E-state index contributed by atoms with van der Waals surface area (Å²) in [6.07, 6.45) is 1.56. The summed E-state index contributed by atoms with van der Waals surface area (Å²) in [4.78, 5) is 23.0. The zero-order chi connectivity index (χ0) is 21.8. The van der Waals surface area contributed by atoms with Crippen molar-refractivity contribution in [2.45, 2.75) is 17.3 Å². The summed E-state index contributed by atoms with van der Waals surface area (Å²) in [5, 5.41) is 22.1. The number of nitro groups is 1. The molecule has 0 aliphatic heterocycles. The lowest BCUT2D eigenvalue weighted by molar-refractivity contribution is -0.384. The number of furan rings is 1. The minimum Gasteiger partial charge on any atom is -0.461 e. The van der Waals surface area contributed by atoms with Gasteiger partial charge in [0.2, 0.25) is 11.7 Å². The number of rotatable bonds is 7. The highest BCUT2D eigenvalue weighted by molar-refractivity contribution is 8.00. The van der Waals surface area contributed by atoms with Gasteiger partial charge in [0.1, 0.15) is 0 Å². The Morgan fingerprint density at radius 1 is 1.10 bits per heavy atom. The fraction of sp³-hybridized carbons (Fsp3) is 0.0952. The third kappa shape index (κ3) is 4.48. The number of para-hydroxylation sites is 1. The van der Waals surface area contributed by atoms with Crippen LogP contribution in [0.5, 0.6) is 0 Å². The molecule has 156 valence electrons. The number of carbonyl (C=O) groups is 1. The Labute approximate surface area is 181 Å². The molecular formula is C21H17N5O4S. The monoisotopic (exact) mass is 435 g/mol. The maximum absolute atomic E-state index is 12.7. The standard InChI is InChI=1S/C21H17N5O4S/c1-14(20(27)22-15-9-11-17(12-10-15)26(28)29)31-21-24-23-19(18-8-5-13-30-18)25(21)16-6-3-2-4-7-16/h2-14H,1H3,(H,22,27)/t14-/m0/s1. The van der Waals surface area contributed by atoms with Gasteiger partial charge in [0.05, 0.1) is 16.4 Å². The molecule has 0 saturated heterocycles. The van der Waals surface area contributed by atoms with Crippen LogP contribution >= 0.6 is 11.8 Å². The molecule has 1 amide bonds. The lowest BCUT2D eigenvalue weighted by Gasteiger charge is -2.13. The van der Waals surface area contributed by atoms with E-state index in [-0.39, 0.29) is 11.6 Å². The van der Waals surface area contributed by atoms with Crippen molar-refractivity contribution < 1.29 is 14.1 Å². The van der Waals surface area contributed by atoms with Crippen LogP contribution in [0.3, 0.4) is 0 Å². The summed E-state index contributed by atoms with van der Waals surface area (Å²) < 4.78 is 7.33. The molecule has 0 spiro atoms. The van der Waals surface area contributed by atoms with Crippen molar-refractivity contribution in [1.29, 1.82) is 0 Å². The Balaban J connectivity index is 1.56. The highest BCUT2D eigenvalue weighted by Gasteiger charge is 2.23. The van der Waals surface area contributed by atoms with Crippen LogP contribution in [0.15, 0.2) is 82.6 Å². The van der Waals surface area contributed by atoms with E-state index in [1.807, 2.05) is 34.9 Å². The quantitative estimate of drug-likeness (QED) is 0.257. The maximum Gasteiger partial charge on any atom is 0.269 e. The lowest BCUT2D eigenvalue weighted by atomic mass is 10.3. The van der Waals surface area contributed by atoms with E-state index in [0.717, 1.165) is 5.69 Å². The van der Waals surface area contributed by atoms with Crippen LogP contribution in [0.2, 0.25) is 0 Å². The number of nitrogens with one attached hydrogen (secondary N) is 1. The third-order valence-corrected chi connectivity index (χ3v) is 5.43. The van der Waals surface area contributed by atoms with Crippen LogP contribution in [-0.4, -0.2) is 30.8 Å². The molecule has 0 bridgehead atoms. The molecule has 10 heteroatoms. The first kappa shape index (κ1) is 20.4. The van der Waals surface area contributed by atoms with Crippen LogP contribution in [0.1, 0.15) is 6.92 Å². The Bertz CT molecular complexity index is 1190. The van der Waals surface area contributed by atoms with E-state index in [9.17, 15) is 14.9 Å². The predicted molar refractivity (Wildman–Crippen MR) is 116 cm³/mol. The zero-order valence-electron chi connectivity index (χ0n) is 16.3. The highest BCUT2D eigenvalue weighted by Crippen LogP contribution is 2.30. The highest BCUT2D eigenvalue weighted by atomic mass is 32.2. The Kier molecular flexibility index (Phi) is 5.80. The van der Waals surface area contributed by atoms with Gasteiger partial charge in [-0.1, -0.05) is 30.0 Å². The number of amides is 1.